The highest BCUT2D eigenvalue weighted by Crippen LogP contribution is 2.14. The number of rotatable bonds is 5. The monoisotopic (exact) mass is 223 g/mol. The maximum Gasteiger partial charge on any atom is 0.126 e. The number of hydrogen-bond acceptors (Lipinski definition) is 2. The van der Waals surface area contributed by atoms with Gasteiger partial charge in [0.25, 0.3) is 0 Å². The number of benzene rings is 1. The van der Waals surface area contributed by atoms with Crippen LogP contribution in [-0.2, 0) is 11.3 Å². The van der Waals surface area contributed by atoms with Crippen molar-refractivity contribution in [2.24, 2.45) is 5.41 Å². The molecule has 0 aliphatic rings. The molecule has 0 N–H and O–H groups in total. The van der Waals surface area contributed by atoms with Gasteiger partial charge in [0.15, 0.2) is 0 Å². The summed E-state index contributed by atoms with van der Waals surface area (Å²) in [6.07, 6.45) is 0.953. The molecule has 1 aromatic rings. The largest absolute Gasteiger partial charge is 0.303 e. The Kier molecular flexibility index (Phi) is 4.19. The van der Waals surface area contributed by atoms with E-state index in [0.717, 1.165) is 11.8 Å². The second-order valence-corrected chi connectivity index (χ2v) is 4.91. The summed E-state index contributed by atoms with van der Waals surface area (Å²) in [6, 6.07) is 6.53. The molecule has 0 saturated heterocycles. The molecule has 0 heterocycles. The van der Waals surface area contributed by atoms with Gasteiger partial charge in [-0.25, -0.2) is 4.39 Å². The molecule has 88 valence electrons. The Balaban J connectivity index is 2.58. The van der Waals surface area contributed by atoms with Crippen LogP contribution in [0.4, 0.5) is 4.39 Å². The van der Waals surface area contributed by atoms with Crippen molar-refractivity contribution in [1.82, 2.24) is 4.90 Å². The van der Waals surface area contributed by atoms with E-state index in [1.54, 1.807) is 6.07 Å². The SMILES string of the molecule is CN(Cc1cccc(F)c1)CC(C)(C)C=O. The minimum absolute atomic E-state index is 0.222. The van der Waals surface area contributed by atoms with E-state index in [0.29, 0.717) is 13.1 Å². The summed E-state index contributed by atoms with van der Waals surface area (Å²) in [5.41, 5.74) is 0.562. The first-order valence-electron chi connectivity index (χ1n) is 5.32. The highest BCUT2D eigenvalue weighted by molar-refractivity contribution is 5.58. The van der Waals surface area contributed by atoms with Crippen molar-refractivity contribution in [3.63, 3.8) is 0 Å². The summed E-state index contributed by atoms with van der Waals surface area (Å²) >= 11 is 0. The summed E-state index contributed by atoms with van der Waals surface area (Å²) in [5, 5.41) is 0. The molecular formula is C13H18FNO. The fourth-order valence-corrected chi connectivity index (χ4v) is 1.74. The molecule has 0 aromatic heterocycles. The van der Waals surface area contributed by atoms with E-state index in [-0.39, 0.29) is 11.2 Å². The maximum absolute atomic E-state index is 12.9. The van der Waals surface area contributed by atoms with E-state index < -0.39 is 0 Å². The Bertz CT molecular complexity index is 363. The summed E-state index contributed by atoms with van der Waals surface area (Å²) in [4.78, 5) is 12.8. The minimum Gasteiger partial charge on any atom is -0.303 e. The van der Waals surface area contributed by atoms with Gasteiger partial charge in [-0.05, 0) is 24.7 Å². The van der Waals surface area contributed by atoms with Crippen molar-refractivity contribution in [3.8, 4) is 0 Å². The number of nitrogens with zero attached hydrogens (tertiary/aromatic N) is 1. The molecule has 0 radical (unpaired) electrons. The van der Waals surface area contributed by atoms with E-state index in [2.05, 4.69) is 0 Å². The van der Waals surface area contributed by atoms with Crippen molar-refractivity contribution in [2.45, 2.75) is 20.4 Å². The first kappa shape index (κ1) is 12.8. The van der Waals surface area contributed by atoms with Crippen LogP contribution in [0.3, 0.4) is 0 Å². The molecule has 3 heteroatoms. The van der Waals surface area contributed by atoms with Gasteiger partial charge in [-0.15, -0.1) is 0 Å². The summed E-state index contributed by atoms with van der Waals surface area (Å²) < 4.78 is 12.9. The lowest BCUT2D eigenvalue weighted by Crippen LogP contribution is -2.32. The second kappa shape index (κ2) is 5.21. The lowest BCUT2D eigenvalue weighted by Gasteiger charge is -2.25. The quantitative estimate of drug-likeness (QED) is 0.715. The molecule has 0 spiro atoms. The predicted molar refractivity (Wildman–Crippen MR) is 62.6 cm³/mol. The Morgan fingerprint density at radius 3 is 2.69 bits per heavy atom. The molecule has 1 aromatic carbocycles. The van der Waals surface area contributed by atoms with E-state index in [4.69, 9.17) is 0 Å². The molecular weight excluding hydrogens is 205 g/mol. The number of carbonyl (C=O) groups is 1. The van der Waals surface area contributed by atoms with Crippen LogP contribution in [0.1, 0.15) is 19.4 Å². The van der Waals surface area contributed by atoms with Gasteiger partial charge in [0.05, 0.1) is 0 Å². The van der Waals surface area contributed by atoms with Gasteiger partial charge in [0.2, 0.25) is 0 Å². The van der Waals surface area contributed by atoms with E-state index >= 15 is 0 Å². The van der Waals surface area contributed by atoms with E-state index in [1.165, 1.54) is 12.1 Å². The van der Waals surface area contributed by atoms with Crippen LogP contribution in [0.2, 0.25) is 0 Å². The molecule has 0 aliphatic heterocycles. The smallest absolute Gasteiger partial charge is 0.126 e. The lowest BCUT2D eigenvalue weighted by molar-refractivity contribution is -0.115. The Hall–Kier alpha value is -1.22. The first-order valence-corrected chi connectivity index (χ1v) is 5.32. The predicted octanol–water partition coefficient (Wildman–Crippen LogP) is 2.48. The van der Waals surface area contributed by atoms with Gasteiger partial charge in [0, 0.05) is 18.5 Å². The third-order valence-electron chi connectivity index (χ3n) is 2.34. The fraction of sp³-hybridized carbons (Fsp3) is 0.462. The Morgan fingerprint density at radius 1 is 1.44 bits per heavy atom. The van der Waals surface area contributed by atoms with Gasteiger partial charge in [-0.3, -0.25) is 0 Å². The van der Waals surface area contributed by atoms with Crippen LogP contribution in [-0.4, -0.2) is 24.8 Å². The molecule has 0 unspecified atom stereocenters. The zero-order valence-corrected chi connectivity index (χ0v) is 10.0. The Morgan fingerprint density at radius 2 is 2.12 bits per heavy atom. The molecule has 0 aliphatic carbocycles. The Labute approximate surface area is 96.1 Å². The van der Waals surface area contributed by atoms with Crippen LogP contribution in [0.15, 0.2) is 24.3 Å². The van der Waals surface area contributed by atoms with Crippen LogP contribution in [0.5, 0.6) is 0 Å². The molecule has 0 saturated carbocycles. The maximum atomic E-state index is 12.9. The third kappa shape index (κ3) is 4.11. The molecule has 0 atom stereocenters. The van der Waals surface area contributed by atoms with Crippen molar-refractivity contribution >= 4 is 6.29 Å². The normalized spacial score (nSPS) is 11.8. The van der Waals surface area contributed by atoms with Crippen molar-refractivity contribution < 1.29 is 9.18 Å². The van der Waals surface area contributed by atoms with E-state index in [9.17, 15) is 9.18 Å². The number of aldehydes is 1. The standard InChI is InChI=1S/C13H18FNO/c1-13(2,10-16)9-15(3)8-11-5-4-6-12(14)7-11/h4-7,10H,8-9H2,1-3H3. The zero-order chi connectivity index (χ0) is 12.2. The molecule has 2 nitrogen and oxygen atoms in total. The minimum atomic E-state index is -0.359. The second-order valence-electron chi connectivity index (χ2n) is 4.91. The van der Waals surface area contributed by atoms with Gasteiger partial charge in [-0.1, -0.05) is 26.0 Å². The molecule has 1 rings (SSSR count). The average molecular weight is 223 g/mol. The van der Waals surface area contributed by atoms with Crippen LogP contribution < -0.4 is 0 Å². The van der Waals surface area contributed by atoms with E-state index in [1.807, 2.05) is 31.9 Å². The van der Waals surface area contributed by atoms with Gasteiger partial charge in [0.1, 0.15) is 12.1 Å². The summed E-state index contributed by atoms with van der Waals surface area (Å²) in [7, 11) is 1.93. The average Bonchev–Trinajstić information content (AvgIpc) is 2.16. The van der Waals surface area contributed by atoms with Crippen LogP contribution in [0, 0.1) is 11.2 Å². The number of hydrogen-bond donors (Lipinski definition) is 0. The molecule has 0 bridgehead atoms. The van der Waals surface area contributed by atoms with Gasteiger partial charge >= 0.3 is 0 Å². The highest BCUT2D eigenvalue weighted by Gasteiger charge is 2.18. The number of halogens is 1. The number of carbonyl (C=O) groups excluding carboxylic acids is 1. The van der Waals surface area contributed by atoms with Crippen LogP contribution in [0.25, 0.3) is 0 Å². The van der Waals surface area contributed by atoms with Crippen LogP contribution >= 0.6 is 0 Å². The third-order valence-corrected chi connectivity index (χ3v) is 2.34. The first-order chi connectivity index (χ1) is 7.43. The van der Waals surface area contributed by atoms with Gasteiger partial charge in [-0.2, -0.15) is 0 Å². The molecule has 0 fully saturated rings. The lowest BCUT2D eigenvalue weighted by atomic mass is 9.95. The van der Waals surface area contributed by atoms with Gasteiger partial charge < -0.3 is 9.69 Å². The zero-order valence-electron chi connectivity index (χ0n) is 10.0. The topological polar surface area (TPSA) is 20.3 Å². The highest BCUT2D eigenvalue weighted by atomic mass is 19.1. The van der Waals surface area contributed by atoms with Crippen molar-refractivity contribution in [2.75, 3.05) is 13.6 Å². The molecule has 0 amide bonds. The summed E-state index contributed by atoms with van der Waals surface area (Å²) in [5.74, 6) is -0.222. The van der Waals surface area contributed by atoms with Crippen molar-refractivity contribution in [1.29, 1.82) is 0 Å². The fourth-order valence-electron chi connectivity index (χ4n) is 1.74. The summed E-state index contributed by atoms with van der Waals surface area (Å²) in [6.45, 7) is 5.09. The van der Waals surface area contributed by atoms with Crippen molar-refractivity contribution in [3.05, 3.63) is 35.6 Å². The molecule has 16 heavy (non-hydrogen) atoms.